The van der Waals surface area contributed by atoms with Crippen molar-refractivity contribution < 1.29 is 23.6 Å². The Morgan fingerprint density at radius 1 is 1.45 bits per heavy atom. The zero-order chi connectivity index (χ0) is 20.9. The summed E-state index contributed by atoms with van der Waals surface area (Å²) in [4.78, 5) is 12.5. The lowest BCUT2D eigenvalue weighted by molar-refractivity contribution is -0.0548. The molecule has 29 heavy (non-hydrogen) atoms. The number of aliphatic hydroxyl groups is 1. The van der Waals surface area contributed by atoms with Crippen molar-refractivity contribution in [1.82, 2.24) is 14.9 Å². The molecule has 2 aromatic heterocycles. The van der Waals surface area contributed by atoms with Crippen LogP contribution in [-0.4, -0.2) is 38.7 Å². The molecule has 1 saturated carbocycles. The van der Waals surface area contributed by atoms with Gasteiger partial charge >= 0.3 is 5.97 Å². The minimum atomic E-state index is -0.728. The zero-order valence-corrected chi connectivity index (χ0v) is 16.8. The molecule has 0 atom stereocenters. The van der Waals surface area contributed by atoms with Crippen molar-refractivity contribution in [1.29, 1.82) is 0 Å². The van der Waals surface area contributed by atoms with Crippen molar-refractivity contribution in [3.63, 3.8) is 0 Å². The van der Waals surface area contributed by atoms with E-state index < -0.39 is 17.4 Å². The second-order valence-corrected chi connectivity index (χ2v) is 7.88. The predicted octanol–water partition coefficient (Wildman–Crippen LogP) is 4.18. The topological polar surface area (TPSA) is 90.4 Å². The molecule has 4 rings (SSSR count). The lowest BCUT2D eigenvalue weighted by Crippen LogP contribution is -2.42. The molecule has 0 bridgehead atoms. The third kappa shape index (κ3) is 3.22. The van der Waals surface area contributed by atoms with Crippen LogP contribution in [-0.2, 0) is 4.74 Å². The molecule has 0 spiro atoms. The third-order valence-corrected chi connectivity index (χ3v) is 5.58. The zero-order valence-electron chi connectivity index (χ0n) is 16.1. The average Bonchev–Trinajstić information content (AvgIpc) is 3.22. The predicted molar refractivity (Wildman–Crippen MR) is 103 cm³/mol. The molecule has 1 aliphatic carbocycles. The van der Waals surface area contributed by atoms with Gasteiger partial charge in [-0.15, -0.1) is 0 Å². The molecule has 0 amide bonds. The van der Waals surface area contributed by atoms with Crippen LogP contribution in [0.4, 0.5) is 4.39 Å². The Balaban J connectivity index is 1.83. The number of nitrogens with zero attached hydrogens (tertiary/aromatic N) is 3. The SMILES string of the molecule is COC(=O)c1c(-c2c(F)cccc2Cl)noc1-c1cnn(C2CC(C)(O)C2)c1C. The van der Waals surface area contributed by atoms with Gasteiger partial charge in [-0.25, -0.2) is 9.18 Å². The molecular weight excluding hydrogens is 401 g/mol. The van der Waals surface area contributed by atoms with Crippen LogP contribution in [0.5, 0.6) is 0 Å². The first-order valence-electron chi connectivity index (χ1n) is 9.02. The normalized spacial score (nSPS) is 21.1. The van der Waals surface area contributed by atoms with Crippen molar-refractivity contribution in [3.8, 4) is 22.6 Å². The quantitative estimate of drug-likeness (QED) is 0.638. The van der Waals surface area contributed by atoms with Crippen molar-refractivity contribution in [2.45, 2.75) is 38.3 Å². The maximum Gasteiger partial charge on any atom is 0.344 e. The minimum Gasteiger partial charge on any atom is -0.465 e. The molecule has 2 heterocycles. The second kappa shape index (κ2) is 6.96. The van der Waals surface area contributed by atoms with Gasteiger partial charge in [-0.2, -0.15) is 5.10 Å². The van der Waals surface area contributed by atoms with E-state index in [0.29, 0.717) is 18.4 Å². The van der Waals surface area contributed by atoms with Crippen LogP contribution in [0.3, 0.4) is 0 Å². The van der Waals surface area contributed by atoms with Gasteiger partial charge in [0.05, 0.1) is 41.1 Å². The van der Waals surface area contributed by atoms with Gasteiger partial charge < -0.3 is 14.4 Å². The van der Waals surface area contributed by atoms with Crippen LogP contribution in [0.1, 0.15) is 41.9 Å². The number of carbonyl (C=O) groups excluding carboxylic acids is 1. The summed E-state index contributed by atoms with van der Waals surface area (Å²) in [7, 11) is 1.22. The monoisotopic (exact) mass is 419 g/mol. The first-order chi connectivity index (χ1) is 13.7. The first kappa shape index (κ1) is 19.6. The average molecular weight is 420 g/mol. The highest BCUT2D eigenvalue weighted by Gasteiger charge is 2.41. The minimum absolute atomic E-state index is 0.0252. The number of benzene rings is 1. The highest BCUT2D eigenvalue weighted by atomic mass is 35.5. The fourth-order valence-corrected chi connectivity index (χ4v) is 4.06. The van der Waals surface area contributed by atoms with Crippen LogP contribution in [0.2, 0.25) is 5.02 Å². The summed E-state index contributed by atoms with van der Waals surface area (Å²) in [6.45, 7) is 3.61. The first-order valence-corrected chi connectivity index (χ1v) is 9.40. The van der Waals surface area contributed by atoms with E-state index in [0.717, 1.165) is 5.69 Å². The Hall–Kier alpha value is -2.71. The van der Waals surface area contributed by atoms with E-state index in [-0.39, 0.29) is 33.6 Å². The summed E-state index contributed by atoms with van der Waals surface area (Å²) >= 11 is 6.16. The van der Waals surface area contributed by atoms with Gasteiger partial charge in [0.25, 0.3) is 0 Å². The number of rotatable bonds is 4. The molecule has 0 radical (unpaired) electrons. The molecule has 1 aliphatic rings. The largest absolute Gasteiger partial charge is 0.465 e. The van der Waals surface area contributed by atoms with E-state index >= 15 is 0 Å². The summed E-state index contributed by atoms with van der Waals surface area (Å²) < 4.78 is 26.6. The third-order valence-electron chi connectivity index (χ3n) is 5.27. The molecule has 152 valence electrons. The maximum atomic E-state index is 14.5. The smallest absolute Gasteiger partial charge is 0.344 e. The Labute approximate surface area is 171 Å². The number of aromatic nitrogens is 3. The van der Waals surface area contributed by atoms with Gasteiger partial charge in [0.1, 0.15) is 17.1 Å². The summed E-state index contributed by atoms with van der Waals surface area (Å²) in [5, 5.41) is 18.4. The molecule has 0 unspecified atom stereocenters. The van der Waals surface area contributed by atoms with E-state index in [1.54, 1.807) is 17.8 Å². The number of halogens is 2. The lowest BCUT2D eigenvalue weighted by Gasteiger charge is -2.41. The summed E-state index contributed by atoms with van der Waals surface area (Å²) in [6, 6.07) is 4.23. The van der Waals surface area contributed by atoms with E-state index in [9.17, 15) is 14.3 Å². The lowest BCUT2D eigenvalue weighted by atomic mass is 9.77. The fraction of sp³-hybridized carbons (Fsp3) is 0.350. The van der Waals surface area contributed by atoms with Crippen LogP contribution in [0, 0.1) is 12.7 Å². The van der Waals surface area contributed by atoms with Gasteiger partial charge in [0.2, 0.25) is 0 Å². The number of methoxy groups -OCH3 is 1. The van der Waals surface area contributed by atoms with Crippen LogP contribution in [0.25, 0.3) is 22.6 Å². The molecule has 3 aromatic rings. The molecular formula is C20H19ClFN3O4. The van der Waals surface area contributed by atoms with Crippen molar-refractivity contribution in [3.05, 3.63) is 46.5 Å². The van der Waals surface area contributed by atoms with Crippen LogP contribution >= 0.6 is 11.6 Å². The van der Waals surface area contributed by atoms with Gasteiger partial charge in [-0.1, -0.05) is 22.8 Å². The molecule has 1 aromatic carbocycles. The van der Waals surface area contributed by atoms with Crippen molar-refractivity contribution in [2.75, 3.05) is 7.11 Å². The highest BCUT2D eigenvalue weighted by molar-refractivity contribution is 6.33. The van der Waals surface area contributed by atoms with Gasteiger partial charge in [-0.05, 0) is 38.8 Å². The Morgan fingerprint density at radius 3 is 2.79 bits per heavy atom. The van der Waals surface area contributed by atoms with E-state index in [1.807, 2.05) is 6.92 Å². The summed E-state index contributed by atoms with van der Waals surface area (Å²) in [5.74, 6) is -1.23. The van der Waals surface area contributed by atoms with Gasteiger partial charge in [0.15, 0.2) is 5.76 Å². The van der Waals surface area contributed by atoms with Crippen LogP contribution in [0.15, 0.2) is 28.9 Å². The molecule has 0 saturated heterocycles. The second-order valence-electron chi connectivity index (χ2n) is 7.47. The number of esters is 1. The van der Waals surface area contributed by atoms with E-state index in [2.05, 4.69) is 10.3 Å². The summed E-state index contributed by atoms with van der Waals surface area (Å²) in [5.41, 5.74) is 0.462. The summed E-state index contributed by atoms with van der Waals surface area (Å²) in [6.07, 6.45) is 2.71. The molecule has 7 nitrogen and oxygen atoms in total. The Kier molecular flexibility index (Phi) is 4.71. The Morgan fingerprint density at radius 2 is 2.17 bits per heavy atom. The maximum absolute atomic E-state index is 14.5. The number of carbonyl (C=O) groups is 1. The fourth-order valence-electron chi connectivity index (χ4n) is 3.80. The number of hydrogen-bond acceptors (Lipinski definition) is 6. The molecule has 1 N–H and O–H groups in total. The van der Waals surface area contributed by atoms with Crippen molar-refractivity contribution >= 4 is 17.6 Å². The van der Waals surface area contributed by atoms with Crippen molar-refractivity contribution in [2.24, 2.45) is 0 Å². The van der Waals surface area contributed by atoms with Gasteiger partial charge in [-0.3, -0.25) is 4.68 Å². The highest BCUT2D eigenvalue weighted by Crippen LogP contribution is 2.43. The molecule has 9 heteroatoms. The standard InChI is InChI=1S/C20H19ClFN3O4/c1-10-12(9-23-25(10)11-7-20(2,27)8-11)18-16(19(26)28-3)17(24-29-18)15-13(21)5-4-6-14(15)22/h4-6,9,11,27H,7-8H2,1-3H3. The van der Waals surface area contributed by atoms with Gasteiger partial charge in [0, 0.05) is 5.69 Å². The van der Waals surface area contributed by atoms with E-state index in [1.165, 1.54) is 25.3 Å². The van der Waals surface area contributed by atoms with Crippen LogP contribution < -0.4 is 0 Å². The number of hydrogen-bond donors (Lipinski definition) is 1. The molecule has 1 fully saturated rings. The number of ether oxygens (including phenoxy) is 1. The van der Waals surface area contributed by atoms with E-state index in [4.69, 9.17) is 20.9 Å². The molecule has 0 aliphatic heterocycles. The Bertz CT molecular complexity index is 1080.